The van der Waals surface area contributed by atoms with Crippen molar-refractivity contribution in [3.63, 3.8) is 0 Å². The molecule has 2 aromatic carbocycles. The quantitative estimate of drug-likeness (QED) is 0.531. The molecule has 2 amide bonds. The molecule has 2 rings (SSSR count). The lowest BCUT2D eigenvalue weighted by Gasteiger charge is -2.19. The van der Waals surface area contributed by atoms with E-state index in [0.29, 0.717) is 22.2 Å². The van der Waals surface area contributed by atoms with Crippen molar-refractivity contribution in [1.82, 2.24) is 5.32 Å². The Hall–Kier alpha value is -1.60. The number of nitrogens with one attached hydrogen (secondary N) is 2. The van der Waals surface area contributed by atoms with Gasteiger partial charge in [0.2, 0.25) is 5.91 Å². The molecule has 9 heteroatoms. The van der Waals surface area contributed by atoms with Gasteiger partial charge in [0.25, 0.3) is 5.91 Å². The van der Waals surface area contributed by atoms with Crippen molar-refractivity contribution in [2.75, 3.05) is 17.3 Å². The minimum atomic E-state index is -0.824. The Morgan fingerprint density at radius 2 is 1.78 bits per heavy atom. The second-order valence-electron chi connectivity index (χ2n) is 5.58. The molecule has 0 aliphatic heterocycles. The maximum absolute atomic E-state index is 12.6. The number of carbonyl (C=O) groups is 2. The van der Waals surface area contributed by atoms with Gasteiger partial charge < -0.3 is 15.7 Å². The molecule has 1 atom stereocenters. The standard InChI is InChI=1S/C18H17Cl3N2O3S/c1-27-7-6-14(18(26)23-15-9-11(20)3-5-16(15)24)22-17(25)12-4-2-10(19)8-13(12)21/h2-5,8-9,14,24H,6-7H2,1H3,(H,22,25)(H,23,26). The number of hydrogen-bond donors (Lipinski definition) is 3. The van der Waals surface area contributed by atoms with Gasteiger partial charge in [-0.1, -0.05) is 34.8 Å². The van der Waals surface area contributed by atoms with E-state index in [0.717, 1.165) is 0 Å². The van der Waals surface area contributed by atoms with Gasteiger partial charge in [0.05, 0.1) is 16.3 Å². The van der Waals surface area contributed by atoms with Gasteiger partial charge in [0.1, 0.15) is 11.8 Å². The zero-order valence-electron chi connectivity index (χ0n) is 14.3. The average molecular weight is 448 g/mol. The van der Waals surface area contributed by atoms with Gasteiger partial charge in [-0.25, -0.2) is 0 Å². The first-order valence-corrected chi connectivity index (χ1v) is 10.4. The van der Waals surface area contributed by atoms with Crippen LogP contribution < -0.4 is 10.6 Å². The van der Waals surface area contributed by atoms with Crippen LogP contribution in [0.25, 0.3) is 0 Å². The first kappa shape index (κ1) is 21.7. The third-order valence-corrected chi connectivity index (χ3v) is 5.05. The van der Waals surface area contributed by atoms with Crippen LogP contribution in [0.4, 0.5) is 5.69 Å². The molecule has 0 aliphatic carbocycles. The largest absolute Gasteiger partial charge is 0.506 e. The zero-order chi connectivity index (χ0) is 20.0. The van der Waals surface area contributed by atoms with Crippen LogP contribution in [0.5, 0.6) is 5.75 Å². The highest BCUT2D eigenvalue weighted by molar-refractivity contribution is 7.98. The maximum Gasteiger partial charge on any atom is 0.253 e. The van der Waals surface area contributed by atoms with Gasteiger partial charge in [0.15, 0.2) is 0 Å². The van der Waals surface area contributed by atoms with E-state index in [-0.39, 0.29) is 22.0 Å². The smallest absolute Gasteiger partial charge is 0.253 e. The summed E-state index contributed by atoms with van der Waals surface area (Å²) in [5.41, 5.74) is 0.383. The van der Waals surface area contributed by atoms with Crippen molar-refractivity contribution < 1.29 is 14.7 Å². The fraction of sp³-hybridized carbons (Fsp3) is 0.222. The Labute approximate surface area is 176 Å². The lowest BCUT2D eigenvalue weighted by molar-refractivity contribution is -0.118. The third-order valence-electron chi connectivity index (χ3n) is 3.62. The summed E-state index contributed by atoms with van der Waals surface area (Å²) in [4.78, 5) is 25.2. The summed E-state index contributed by atoms with van der Waals surface area (Å²) in [6, 6.07) is 7.98. The molecule has 2 aromatic rings. The highest BCUT2D eigenvalue weighted by Crippen LogP contribution is 2.27. The second kappa shape index (κ2) is 10.1. The molecule has 0 radical (unpaired) electrons. The second-order valence-corrected chi connectivity index (χ2v) is 7.85. The molecule has 0 heterocycles. The fourth-order valence-corrected chi connectivity index (χ4v) is 3.38. The Kier molecular flexibility index (Phi) is 8.10. The molecule has 0 fully saturated rings. The highest BCUT2D eigenvalue weighted by Gasteiger charge is 2.23. The van der Waals surface area contributed by atoms with Gasteiger partial charge in [-0.2, -0.15) is 11.8 Å². The first-order valence-electron chi connectivity index (χ1n) is 7.86. The van der Waals surface area contributed by atoms with Crippen LogP contribution >= 0.6 is 46.6 Å². The lowest BCUT2D eigenvalue weighted by atomic mass is 10.1. The predicted molar refractivity (Wildman–Crippen MR) is 112 cm³/mol. The molecule has 0 bridgehead atoms. The number of phenols is 1. The average Bonchev–Trinajstić information content (AvgIpc) is 2.61. The van der Waals surface area contributed by atoms with Gasteiger partial charge in [-0.3, -0.25) is 9.59 Å². The number of hydrogen-bond acceptors (Lipinski definition) is 4. The van der Waals surface area contributed by atoms with Crippen LogP contribution in [0, 0.1) is 0 Å². The van der Waals surface area contributed by atoms with Crippen molar-refractivity contribution in [1.29, 1.82) is 0 Å². The van der Waals surface area contributed by atoms with Crippen molar-refractivity contribution in [2.24, 2.45) is 0 Å². The summed E-state index contributed by atoms with van der Waals surface area (Å²) in [5.74, 6) is -0.439. The molecule has 1 unspecified atom stereocenters. The number of halogens is 3. The van der Waals surface area contributed by atoms with Crippen molar-refractivity contribution >= 4 is 64.1 Å². The zero-order valence-corrected chi connectivity index (χ0v) is 17.3. The number of phenolic OH excluding ortho intramolecular Hbond substituents is 1. The summed E-state index contributed by atoms with van der Waals surface area (Å²) in [5, 5.41) is 16.1. The molecule has 0 saturated carbocycles. The number of aromatic hydroxyl groups is 1. The first-order chi connectivity index (χ1) is 12.8. The van der Waals surface area contributed by atoms with Gasteiger partial charge in [-0.05, 0) is 54.8 Å². The number of rotatable bonds is 7. The van der Waals surface area contributed by atoms with E-state index in [2.05, 4.69) is 10.6 Å². The van der Waals surface area contributed by atoms with Crippen LogP contribution in [0.2, 0.25) is 15.1 Å². The monoisotopic (exact) mass is 446 g/mol. The van der Waals surface area contributed by atoms with Gasteiger partial charge in [-0.15, -0.1) is 0 Å². The topological polar surface area (TPSA) is 78.4 Å². The summed E-state index contributed by atoms with van der Waals surface area (Å²) < 4.78 is 0. The lowest BCUT2D eigenvalue weighted by Crippen LogP contribution is -2.44. The normalized spacial score (nSPS) is 11.7. The highest BCUT2D eigenvalue weighted by atomic mass is 35.5. The number of thioether (sulfide) groups is 1. The Bertz CT molecular complexity index is 849. The van der Waals surface area contributed by atoms with Crippen LogP contribution in [0.1, 0.15) is 16.8 Å². The van der Waals surface area contributed by atoms with Crippen molar-refractivity contribution in [2.45, 2.75) is 12.5 Å². The van der Waals surface area contributed by atoms with E-state index >= 15 is 0 Å². The SMILES string of the molecule is CSCCC(NC(=O)c1ccc(Cl)cc1Cl)C(=O)Nc1cc(Cl)ccc1O. The van der Waals surface area contributed by atoms with Crippen LogP contribution in [-0.4, -0.2) is 35.0 Å². The third kappa shape index (κ3) is 6.21. The van der Waals surface area contributed by atoms with E-state index in [1.807, 2.05) is 6.26 Å². The Balaban J connectivity index is 2.17. The van der Waals surface area contributed by atoms with Crippen molar-refractivity contribution in [3.8, 4) is 5.75 Å². The molecule has 0 aromatic heterocycles. The predicted octanol–water partition coefficient (Wildman–Crippen LogP) is 4.84. The van der Waals surface area contributed by atoms with Crippen molar-refractivity contribution in [3.05, 3.63) is 57.0 Å². The van der Waals surface area contributed by atoms with Gasteiger partial charge in [0, 0.05) is 10.0 Å². The molecule has 0 aliphatic rings. The van der Waals surface area contributed by atoms with Crippen LogP contribution in [-0.2, 0) is 4.79 Å². The molecule has 0 saturated heterocycles. The molecule has 27 heavy (non-hydrogen) atoms. The number of anilines is 1. The number of amides is 2. The molecular formula is C18H17Cl3N2O3S. The van der Waals surface area contributed by atoms with Gasteiger partial charge >= 0.3 is 0 Å². The van der Waals surface area contributed by atoms with E-state index in [1.165, 1.54) is 30.3 Å². The molecule has 0 spiro atoms. The number of benzene rings is 2. The summed E-state index contributed by atoms with van der Waals surface area (Å²) >= 11 is 19.3. The Morgan fingerprint density at radius 1 is 1.11 bits per heavy atom. The molecule has 3 N–H and O–H groups in total. The number of carbonyl (C=O) groups excluding carboxylic acids is 2. The minimum Gasteiger partial charge on any atom is -0.506 e. The summed E-state index contributed by atoms with van der Waals surface area (Å²) in [6.07, 6.45) is 2.29. The van der Waals surface area contributed by atoms with E-state index in [9.17, 15) is 14.7 Å². The van der Waals surface area contributed by atoms with E-state index < -0.39 is 17.9 Å². The van der Waals surface area contributed by atoms with Crippen LogP contribution in [0.3, 0.4) is 0 Å². The van der Waals surface area contributed by atoms with E-state index in [1.54, 1.807) is 17.8 Å². The fourth-order valence-electron chi connectivity index (χ4n) is 2.24. The maximum atomic E-state index is 12.6. The molecule has 5 nitrogen and oxygen atoms in total. The molecule has 144 valence electrons. The minimum absolute atomic E-state index is 0.122. The van der Waals surface area contributed by atoms with E-state index in [4.69, 9.17) is 34.8 Å². The summed E-state index contributed by atoms with van der Waals surface area (Å²) in [6.45, 7) is 0. The Morgan fingerprint density at radius 3 is 2.44 bits per heavy atom. The molecular weight excluding hydrogens is 431 g/mol. The van der Waals surface area contributed by atoms with Crippen LogP contribution in [0.15, 0.2) is 36.4 Å². The summed E-state index contributed by atoms with van der Waals surface area (Å²) in [7, 11) is 0.